The molecule has 1 aromatic carbocycles. The van der Waals surface area contributed by atoms with Gasteiger partial charge in [-0.1, -0.05) is 18.2 Å². The monoisotopic (exact) mass is 269 g/mol. The molecule has 106 valence electrons. The number of benzene rings is 1. The maximum Gasteiger partial charge on any atom is 0.0672 e. The highest BCUT2D eigenvalue weighted by Crippen LogP contribution is 2.25. The Morgan fingerprint density at radius 1 is 1.25 bits per heavy atom. The van der Waals surface area contributed by atoms with E-state index in [2.05, 4.69) is 60.3 Å². The number of aryl methyl sites for hydroxylation is 3. The summed E-state index contributed by atoms with van der Waals surface area (Å²) in [5, 5.41) is 8.21. The van der Waals surface area contributed by atoms with E-state index < -0.39 is 0 Å². The predicted octanol–water partition coefficient (Wildman–Crippen LogP) is 3.23. The summed E-state index contributed by atoms with van der Waals surface area (Å²) >= 11 is 0. The van der Waals surface area contributed by atoms with Crippen LogP contribution >= 0.6 is 0 Å². The van der Waals surface area contributed by atoms with Gasteiger partial charge < -0.3 is 5.32 Å². The Kier molecular flexibility index (Phi) is 3.62. The number of rotatable bonds is 3. The zero-order chi connectivity index (χ0) is 14.1. The normalized spacial score (nSPS) is 18.6. The molecule has 0 amide bonds. The number of nitrogens with zero attached hydrogens (tertiary/aromatic N) is 2. The molecule has 1 aromatic heterocycles. The van der Waals surface area contributed by atoms with Crippen LogP contribution in [-0.2, 0) is 6.54 Å². The molecule has 0 bridgehead atoms. The third kappa shape index (κ3) is 2.63. The van der Waals surface area contributed by atoms with Gasteiger partial charge in [-0.25, -0.2) is 0 Å². The van der Waals surface area contributed by atoms with Crippen molar-refractivity contribution >= 4 is 0 Å². The first kappa shape index (κ1) is 13.4. The predicted molar refractivity (Wildman–Crippen MR) is 82.9 cm³/mol. The lowest BCUT2D eigenvalue weighted by Crippen LogP contribution is -2.26. The van der Waals surface area contributed by atoms with Gasteiger partial charge in [-0.2, -0.15) is 5.10 Å². The molecular formula is C17H23N3. The van der Waals surface area contributed by atoms with E-state index >= 15 is 0 Å². The highest BCUT2D eigenvalue weighted by molar-refractivity contribution is 5.66. The fourth-order valence-electron chi connectivity index (χ4n) is 2.94. The zero-order valence-electron chi connectivity index (χ0n) is 12.6. The maximum absolute atomic E-state index is 4.68. The second kappa shape index (κ2) is 5.41. The van der Waals surface area contributed by atoms with E-state index in [1.807, 2.05) is 0 Å². The summed E-state index contributed by atoms with van der Waals surface area (Å²) in [4.78, 5) is 0. The number of hydrogen-bond acceptors (Lipinski definition) is 2. The van der Waals surface area contributed by atoms with Crippen molar-refractivity contribution in [2.24, 2.45) is 0 Å². The highest BCUT2D eigenvalue weighted by Gasteiger charge is 2.16. The van der Waals surface area contributed by atoms with Crippen LogP contribution in [0, 0.1) is 20.8 Å². The minimum atomic E-state index is 0.585. The first-order chi connectivity index (χ1) is 9.63. The molecule has 20 heavy (non-hydrogen) atoms. The molecule has 1 fully saturated rings. The van der Waals surface area contributed by atoms with Crippen molar-refractivity contribution in [2.75, 3.05) is 6.54 Å². The lowest BCUT2D eigenvalue weighted by Gasteiger charge is -2.09. The fraction of sp³-hybridized carbons (Fsp3) is 0.471. The number of nitrogens with one attached hydrogen (secondary N) is 1. The van der Waals surface area contributed by atoms with Gasteiger partial charge in [0.1, 0.15) is 0 Å². The molecule has 1 saturated heterocycles. The van der Waals surface area contributed by atoms with Gasteiger partial charge in [-0.15, -0.1) is 0 Å². The van der Waals surface area contributed by atoms with E-state index in [1.54, 1.807) is 0 Å². The Balaban J connectivity index is 1.85. The van der Waals surface area contributed by atoms with Gasteiger partial charge in [-0.3, -0.25) is 4.68 Å². The van der Waals surface area contributed by atoms with Crippen LogP contribution in [0.3, 0.4) is 0 Å². The van der Waals surface area contributed by atoms with Crippen molar-refractivity contribution in [1.82, 2.24) is 15.1 Å². The Morgan fingerprint density at radius 2 is 2.10 bits per heavy atom. The molecule has 1 aliphatic heterocycles. The van der Waals surface area contributed by atoms with Crippen LogP contribution in [0.2, 0.25) is 0 Å². The molecule has 0 spiro atoms. The molecule has 0 aliphatic carbocycles. The molecule has 2 aromatic rings. The summed E-state index contributed by atoms with van der Waals surface area (Å²) in [6.07, 6.45) is 4.74. The summed E-state index contributed by atoms with van der Waals surface area (Å²) < 4.78 is 2.10. The smallest absolute Gasteiger partial charge is 0.0672 e. The van der Waals surface area contributed by atoms with Gasteiger partial charge in [0.15, 0.2) is 0 Å². The SMILES string of the molecule is Cc1ccc(-c2cn(CC3CCCN3)nc2C)cc1C. The van der Waals surface area contributed by atoms with Crippen LogP contribution in [0.1, 0.15) is 29.7 Å². The van der Waals surface area contributed by atoms with Crippen LogP contribution in [0.15, 0.2) is 24.4 Å². The molecule has 3 heteroatoms. The van der Waals surface area contributed by atoms with Crippen molar-refractivity contribution in [1.29, 1.82) is 0 Å². The first-order valence-electron chi connectivity index (χ1n) is 7.48. The topological polar surface area (TPSA) is 29.9 Å². The Hall–Kier alpha value is -1.61. The Bertz CT molecular complexity index is 607. The summed E-state index contributed by atoms with van der Waals surface area (Å²) in [7, 11) is 0. The molecule has 3 nitrogen and oxygen atoms in total. The average Bonchev–Trinajstić information content (AvgIpc) is 3.03. The minimum Gasteiger partial charge on any atom is -0.312 e. The number of hydrogen-bond donors (Lipinski definition) is 1. The molecule has 0 radical (unpaired) electrons. The van der Waals surface area contributed by atoms with Crippen molar-refractivity contribution in [2.45, 2.75) is 46.2 Å². The highest BCUT2D eigenvalue weighted by atomic mass is 15.3. The second-order valence-electron chi connectivity index (χ2n) is 5.94. The van der Waals surface area contributed by atoms with Gasteiger partial charge in [0.25, 0.3) is 0 Å². The van der Waals surface area contributed by atoms with Crippen LogP contribution in [0.5, 0.6) is 0 Å². The third-order valence-electron chi connectivity index (χ3n) is 4.33. The van der Waals surface area contributed by atoms with Gasteiger partial charge >= 0.3 is 0 Å². The summed E-state index contributed by atoms with van der Waals surface area (Å²) in [5.74, 6) is 0. The Morgan fingerprint density at radius 3 is 2.80 bits per heavy atom. The van der Waals surface area contributed by atoms with Crippen LogP contribution in [0.4, 0.5) is 0 Å². The first-order valence-corrected chi connectivity index (χ1v) is 7.48. The van der Waals surface area contributed by atoms with Crippen LogP contribution in [0.25, 0.3) is 11.1 Å². The van der Waals surface area contributed by atoms with E-state index in [9.17, 15) is 0 Å². The molecular weight excluding hydrogens is 246 g/mol. The van der Waals surface area contributed by atoms with Crippen molar-refractivity contribution in [3.8, 4) is 11.1 Å². The standard InChI is InChI=1S/C17H23N3/c1-12-6-7-15(9-13(12)2)17-11-20(19-14(17)3)10-16-5-4-8-18-16/h6-7,9,11,16,18H,4-5,8,10H2,1-3H3. The molecule has 1 unspecified atom stereocenters. The van der Waals surface area contributed by atoms with Crippen LogP contribution < -0.4 is 5.32 Å². The summed E-state index contributed by atoms with van der Waals surface area (Å²) in [5.41, 5.74) is 6.33. The van der Waals surface area contributed by atoms with Crippen molar-refractivity contribution < 1.29 is 0 Å². The fourth-order valence-corrected chi connectivity index (χ4v) is 2.94. The van der Waals surface area contributed by atoms with Crippen LogP contribution in [-0.4, -0.2) is 22.4 Å². The average molecular weight is 269 g/mol. The maximum atomic E-state index is 4.68. The lowest BCUT2D eigenvalue weighted by molar-refractivity contribution is 0.474. The van der Waals surface area contributed by atoms with E-state index in [1.165, 1.54) is 35.1 Å². The molecule has 1 aliphatic rings. The largest absolute Gasteiger partial charge is 0.312 e. The quantitative estimate of drug-likeness (QED) is 0.927. The van der Waals surface area contributed by atoms with Crippen molar-refractivity contribution in [3.05, 3.63) is 41.2 Å². The van der Waals surface area contributed by atoms with Gasteiger partial charge in [0.2, 0.25) is 0 Å². The molecule has 1 atom stereocenters. The van der Waals surface area contributed by atoms with Gasteiger partial charge in [-0.05, 0) is 56.8 Å². The van der Waals surface area contributed by atoms with E-state index in [4.69, 9.17) is 0 Å². The van der Waals surface area contributed by atoms with Crippen molar-refractivity contribution in [3.63, 3.8) is 0 Å². The number of aromatic nitrogens is 2. The van der Waals surface area contributed by atoms with Gasteiger partial charge in [0.05, 0.1) is 12.2 Å². The Labute approximate surface area is 121 Å². The molecule has 3 rings (SSSR count). The third-order valence-corrected chi connectivity index (χ3v) is 4.33. The molecule has 2 heterocycles. The summed E-state index contributed by atoms with van der Waals surface area (Å²) in [6, 6.07) is 7.24. The van der Waals surface area contributed by atoms with E-state index in [-0.39, 0.29) is 0 Å². The zero-order valence-corrected chi connectivity index (χ0v) is 12.6. The lowest BCUT2D eigenvalue weighted by atomic mass is 10.0. The summed E-state index contributed by atoms with van der Waals surface area (Å²) in [6.45, 7) is 8.55. The minimum absolute atomic E-state index is 0.585. The second-order valence-corrected chi connectivity index (χ2v) is 5.94. The van der Waals surface area contributed by atoms with E-state index in [0.717, 1.165) is 18.8 Å². The van der Waals surface area contributed by atoms with E-state index in [0.29, 0.717) is 6.04 Å². The molecule has 0 saturated carbocycles. The van der Waals surface area contributed by atoms with Gasteiger partial charge in [0, 0.05) is 17.8 Å². The molecule has 1 N–H and O–H groups in total.